The van der Waals surface area contributed by atoms with Gasteiger partial charge in [0.1, 0.15) is 0 Å². The zero-order chi connectivity index (χ0) is 24.5. The predicted molar refractivity (Wildman–Crippen MR) is 123 cm³/mol. The molecule has 0 aliphatic heterocycles. The number of aliphatic hydroxyl groups is 1. The number of carbonyl (C=O) groups excluding carboxylic acids is 1. The van der Waals surface area contributed by atoms with Crippen molar-refractivity contribution in [2.24, 2.45) is 46.8 Å². The largest absolute Gasteiger partial charge is 0.435 e. The molecule has 7 heteroatoms. The van der Waals surface area contributed by atoms with Crippen molar-refractivity contribution < 1.29 is 23.1 Å². The molecule has 4 fully saturated rings. The third kappa shape index (κ3) is 4.04. The highest BCUT2D eigenvalue weighted by atomic mass is 19.4. The smallest absolute Gasteiger partial charge is 0.390 e. The van der Waals surface area contributed by atoms with E-state index in [1.165, 1.54) is 23.7 Å². The number of rotatable bonds is 4. The summed E-state index contributed by atoms with van der Waals surface area (Å²) in [6.45, 7) is 6.44. The molecule has 0 amide bonds. The Morgan fingerprint density at radius 1 is 1.15 bits per heavy atom. The van der Waals surface area contributed by atoms with E-state index in [0.717, 1.165) is 51.0 Å². The minimum absolute atomic E-state index is 0.0427. The molecule has 0 aromatic carbocycles. The van der Waals surface area contributed by atoms with Gasteiger partial charge in [0.05, 0.1) is 12.1 Å². The van der Waals surface area contributed by atoms with Gasteiger partial charge in [-0.1, -0.05) is 20.3 Å². The highest BCUT2D eigenvalue weighted by Crippen LogP contribution is 2.66. The summed E-state index contributed by atoms with van der Waals surface area (Å²) < 4.78 is 40.1. The van der Waals surface area contributed by atoms with E-state index in [1.807, 2.05) is 6.92 Å². The number of fused-ring (bicyclic) bond motifs is 5. The van der Waals surface area contributed by atoms with Crippen LogP contribution in [-0.2, 0) is 17.5 Å². The fraction of sp³-hybridized carbons (Fsp3) is 0.852. The van der Waals surface area contributed by atoms with Gasteiger partial charge in [0.2, 0.25) is 0 Å². The molecule has 1 aromatic rings. The average Bonchev–Trinajstić information content (AvgIpc) is 3.34. The van der Waals surface area contributed by atoms with Crippen LogP contribution in [0.15, 0.2) is 12.3 Å². The maximum atomic E-state index is 13.5. The molecule has 1 N–H and O–H groups in total. The molecule has 34 heavy (non-hydrogen) atoms. The zero-order valence-corrected chi connectivity index (χ0v) is 20.7. The highest BCUT2D eigenvalue weighted by molar-refractivity contribution is 5.82. The van der Waals surface area contributed by atoms with Gasteiger partial charge < -0.3 is 5.11 Å². The second kappa shape index (κ2) is 8.35. The number of carbonyl (C=O) groups is 1. The molecule has 4 aliphatic carbocycles. The first kappa shape index (κ1) is 24.3. The number of hydrogen-bond acceptors (Lipinski definition) is 3. The third-order valence-electron chi connectivity index (χ3n) is 10.5. The fourth-order valence-electron chi connectivity index (χ4n) is 9.16. The number of halogens is 3. The molecule has 0 unspecified atom stereocenters. The number of nitrogens with zero attached hydrogens (tertiary/aromatic N) is 2. The van der Waals surface area contributed by atoms with Crippen LogP contribution in [0.4, 0.5) is 13.2 Å². The number of Topliss-reactive ketones (excluding diaryl/α,β-unsaturated/α-hetero) is 1. The monoisotopic (exact) mass is 480 g/mol. The molecule has 4 aliphatic rings. The first-order valence-corrected chi connectivity index (χ1v) is 13.3. The molecular weight excluding hydrogens is 441 g/mol. The van der Waals surface area contributed by atoms with E-state index in [9.17, 15) is 23.1 Å². The molecule has 9 atom stereocenters. The second-order valence-electron chi connectivity index (χ2n) is 12.5. The Morgan fingerprint density at radius 2 is 1.88 bits per heavy atom. The Kier molecular flexibility index (Phi) is 5.97. The van der Waals surface area contributed by atoms with Gasteiger partial charge in [0, 0.05) is 12.1 Å². The molecule has 0 bridgehead atoms. The molecule has 190 valence electrons. The predicted octanol–water partition coefficient (Wildman–Crippen LogP) is 6.13. The minimum Gasteiger partial charge on any atom is -0.390 e. The van der Waals surface area contributed by atoms with Gasteiger partial charge in [-0.3, -0.25) is 9.48 Å². The van der Waals surface area contributed by atoms with E-state index < -0.39 is 17.5 Å². The average molecular weight is 481 g/mol. The SMILES string of the molecule is CC[C@@H]1C[C@H](C(=O)Cn2ccc(C(F)(F)F)n2)[C@@]2(C)CC[C@H]3[C@@H](CC[C@@H]4C[C@](C)(O)CC[C@@H]43)[C@H]12. The summed E-state index contributed by atoms with van der Waals surface area (Å²) >= 11 is 0. The van der Waals surface area contributed by atoms with Crippen LogP contribution in [0.2, 0.25) is 0 Å². The van der Waals surface area contributed by atoms with Crippen molar-refractivity contribution >= 4 is 5.78 Å². The summed E-state index contributed by atoms with van der Waals surface area (Å²) in [4.78, 5) is 13.5. The summed E-state index contributed by atoms with van der Waals surface area (Å²) in [5.74, 6) is 3.59. The number of hydrogen-bond donors (Lipinski definition) is 1. The van der Waals surface area contributed by atoms with Crippen molar-refractivity contribution in [1.82, 2.24) is 9.78 Å². The lowest BCUT2D eigenvalue weighted by Crippen LogP contribution is -2.52. The van der Waals surface area contributed by atoms with Crippen molar-refractivity contribution in [3.05, 3.63) is 18.0 Å². The van der Waals surface area contributed by atoms with Crippen molar-refractivity contribution in [3.63, 3.8) is 0 Å². The van der Waals surface area contributed by atoms with Crippen molar-refractivity contribution in [3.8, 4) is 0 Å². The third-order valence-corrected chi connectivity index (χ3v) is 10.5. The summed E-state index contributed by atoms with van der Waals surface area (Å²) in [5.41, 5.74) is -1.54. The van der Waals surface area contributed by atoms with Crippen molar-refractivity contribution in [1.29, 1.82) is 0 Å². The van der Waals surface area contributed by atoms with E-state index in [4.69, 9.17) is 0 Å². The molecule has 1 aromatic heterocycles. The van der Waals surface area contributed by atoms with Crippen molar-refractivity contribution in [2.45, 2.75) is 96.9 Å². The van der Waals surface area contributed by atoms with E-state index in [1.54, 1.807) is 0 Å². The maximum Gasteiger partial charge on any atom is 0.435 e. The van der Waals surface area contributed by atoms with E-state index >= 15 is 0 Å². The first-order valence-electron chi connectivity index (χ1n) is 13.3. The van der Waals surface area contributed by atoms with Crippen LogP contribution in [0.5, 0.6) is 0 Å². The van der Waals surface area contributed by atoms with E-state index in [-0.39, 0.29) is 23.7 Å². The van der Waals surface area contributed by atoms with E-state index in [2.05, 4.69) is 18.9 Å². The van der Waals surface area contributed by atoms with Gasteiger partial charge in [0.15, 0.2) is 11.5 Å². The standard InChI is InChI=1S/C27H39F3N2O2/c1-4-16-13-21(22(33)15-32-12-9-23(31-32)27(28,29)30)26(3)11-8-19-18-7-10-25(2,34)14-17(18)5-6-20(19)24(16)26/h9,12,16-21,24,34H,4-8,10-11,13-15H2,1-3H3/t16-,17-,18+,19-,20-,21-,24+,25-,26-/m1/s1. The summed E-state index contributed by atoms with van der Waals surface area (Å²) in [7, 11) is 0. The topological polar surface area (TPSA) is 55.1 Å². The number of alkyl halides is 3. The Balaban J connectivity index is 1.35. The van der Waals surface area contributed by atoms with Crippen LogP contribution in [0.25, 0.3) is 0 Å². The zero-order valence-electron chi connectivity index (χ0n) is 20.7. The molecule has 1 heterocycles. The van der Waals surface area contributed by atoms with Gasteiger partial charge in [-0.05, 0) is 105 Å². The number of aromatic nitrogens is 2. The van der Waals surface area contributed by atoms with Crippen LogP contribution in [-0.4, -0.2) is 26.3 Å². The van der Waals surface area contributed by atoms with Crippen LogP contribution >= 0.6 is 0 Å². The highest BCUT2D eigenvalue weighted by Gasteiger charge is 2.61. The van der Waals surface area contributed by atoms with Gasteiger partial charge >= 0.3 is 6.18 Å². The van der Waals surface area contributed by atoms with E-state index in [0.29, 0.717) is 35.5 Å². The fourth-order valence-corrected chi connectivity index (χ4v) is 9.16. The second-order valence-corrected chi connectivity index (χ2v) is 12.5. The van der Waals surface area contributed by atoms with Crippen LogP contribution in [0.1, 0.15) is 84.3 Å². The summed E-state index contributed by atoms with van der Waals surface area (Å²) in [5, 5.41) is 14.3. The molecule has 0 radical (unpaired) electrons. The summed E-state index contributed by atoms with van der Waals surface area (Å²) in [6, 6.07) is 0.951. The van der Waals surface area contributed by atoms with Crippen LogP contribution in [0, 0.1) is 46.8 Å². The van der Waals surface area contributed by atoms with Gasteiger partial charge in [-0.2, -0.15) is 18.3 Å². The number of ketones is 1. The Hall–Kier alpha value is -1.37. The maximum absolute atomic E-state index is 13.5. The molecule has 4 nitrogen and oxygen atoms in total. The lowest BCUT2D eigenvalue weighted by molar-refractivity contribution is -0.142. The molecule has 0 saturated heterocycles. The lowest BCUT2D eigenvalue weighted by atomic mass is 9.48. The quantitative estimate of drug-likeness (QED) is 0.564. The first-order chi connectivity index (χ1) is 15.9. The van der Waals surface area contributed by atoms with Crippen LogP contribution < -0.4 is 0 Å². The minimum atomic E-state index is -4.49. The van der Waals surface area contributed by atoms with Crippen LogP contribution in [0.3, 0.4) is 0 Å². The van der Waals surface area contributed by atoms with Crippen molar-refractivity contribution in [2.75, 3.05) is 0 Å². The Labute approximate surface area is 200 Å². The summed E-state index contributed by atoms with van der Waals surface area (Å²) in [6.07, 6.45) is 6.16. The molecular formula is C27H39F3N2O2. The Morgan fingerprint density at radius 3 is 2.56 bits per heavy atom. The molecule has 4 saturated carbocycles. The van der Waals surface area contributed by atoms with Gasteiger partial charge in [-0.25, -0.2) is 0 Å². The molecule has 5 rings (SSSR count). The lowest BCUT2D eigenvalue weighted by Gasteiger charge is -2.57. The Bertz CT molecular complexity index is 925. The van der Waals surface area contributed by atoms with Gasteiger partial charge in [0.25, 0.3) is 0 Å². The molecule has 0 spiro atoms. The normalized spacial score (nSPS) is 44.3. The van der Waals surface area contributed by atoms with Gasteiger partial charge in [-0.15, -0.1) is 0 Å².